The molecule has 0 aliphatic carbocycles. The van der Waals surface area contributed by atoms with Crippen molar-refractivity contribution in [3.8, 4) is 11.3 Å². The van der Waals surface area contributed by atoms with Crippen LogP contribution in [0.4, 0.5) is 4.39 Å². The zero-order valence-corrected chi connectivity index (χ0v) is 15.8. The van der Waals surface area contributed by atoms with Crippen LogP contribution in [-0.2, 0) is 4.79 Å². The monoisotopic (exact) mass is 368 g/mol. The zero-order valence-electron chi connectivity index (χ0n) is 15.8. The molecule has 0 bridgehead atoms. The van der Waals surface area contributed by atoms with E-state index in [1.54, 1.807) is 29.2 Å². The number of ketones is 1. The van der Waals surface area contributed by atoms with Gasteiger partial charge in [0.2, 0.25) is 0 Å². The second kappa shape index (κ2) is 8.42. The first-order valence-corrected chi connectivity index (χ1v) is 9.48. The first kappa shape index (κ1) is 19.2. The summed E-state index contributed by atoms with van der Waals surface area (Å²) < 4.78 is 13.4. The minimum absolute atomic E-state index is 0.0652. The second-order valence-corrected chi connectivity index (χ2v) is 7.60. The summed E-state index contributed by atoms with van der Waals surface area (Å²) in [6.45, 7) is 5.22. The maximum atomic E-state index is 13.4. The molecule has 1 amide bonds. The van der Waals surface area contributed by atoms with Crippen molar-refractivity contribution in [2.24, 2.45) is 11.8 Å². The van der Waals surface area contributed by atoms with Crippen molar-refractivity contribution in [2.75, 3.05) is 13.1 Å². The molecule has 1 aliphatic rings. The number of amides is 1. The van der Waals surface area contributed by atoms with Crippen molar-refractivity contribution >= 4 is 11.7 Å². The number of rotatable bonds is 5. The van der Waals surface area contributed by atoms with Crippen molar-refractivity contribution in [2.45, 2.75) is 33.1 Å². The fraction of sp³-hybridized carbons (Fsp3) is 0.409. The summed E-state index contributed by atoms with van der Waals surface area (Å²) >= 11 is 0. The van der Waals surface area contributed by atoms with Crippen molar-refractivity contribution in [1.29, 1.82) is 0 Å². The van der Waals surface area contributed by atoms with Gasteiger partial charge >= 0.3 is 0 Å². The number of hydrogen-bond acceptors (Lipinski definition) is 3. The van der Waals surface area contributed by atoms with Crippen LogP contribution < -0.4 is 0 Å². The second-order valence-electron chi connectivity index (χ2n) is 7.60. The molecule has 0 radical (unpaired) electrons. The Hall–Kier alpha value is -2.56. The Morgan fingerprint density at radius 1 is 1.26 bits per heavy atom. The van der Waals surface area contributed by atoms with Gasteiger partial charge < -0.3 is 4.90 Å². The van der Waals surface area contributed by atoms with Gasteiger partial charge in [-0.3, -0.25) is 14.6 Å². The lowest BCUT2D eigenvalue weighted by atomic mass is 9.89. The van der Waals surface area contributed by atoms with Gasteiger partial charge in [-0.2, -0.15) is 0 Å². The quantitative estimate of drug-likeness (QED) is 0.788. The van der Waals surface area contributed by atoms with E-state index in [1.807, 2.05) is 13.8 Å². The molecule has 0 N–H and O–H groups in total. The number of Topliss-reactive ketones (excluding diaryl/α,β-unsaturated/α-hetero) is 1. The Kier molecular flexibility index (Phi) is 5.99. The first-order valence-electron chi connectivity index (χ1n) is 9.48. The van der Waals surface area contributed by atoms with E-state index >= 15 is 0 Å². The van der Waals surface area contributed by atoms with Gasteiger partial charge in [-0.05, 0) is 43.0 Å². The van der Waals surface area contributed by atoms with E-state index < -0.39 is 0 Å². The molecule has 1 aromatic heterocycles. The number of halogens is 1. The Bertz CT molecular complexity index is 817. The van der Waals surface area contributed by atoms with E-state index in [0.717, 1.165) is 12.8 Å². The highest BCUT2D eigenvalue weighted by Crippen LogP contribution is 2.23. The number of carbonyl (C=O) groups is 2. The number of benzene rings is 1. The lowest BCUT2D eigenvalue weighted by Crippen LogP contribution is -2.42. The Morgan fingerprint density at radius 3 is 2.74 bits per heavy atom. The Labute approximate surface area is 159 Å². The number of piperidine rings is 1. The summed E-state index contributed by atoms with van der Waals surface area (Å²) in [7, 11) is 0. The van der Waals surface area contributed by atoms with Crippen LogP contribution in [0.15, 0.2) is 42.6 Å². The molecule has 1 fully saturated rings. The third-order valence-electron chi connectivity index (χ3n) is 4.90. The van der Waals surface area contributed by atoms with E-state index in [-0.39, 0.29) is 23.4 Å². The summed E-state index contributed by atoms with van der Waals surface area (Å²) in [5, 5.41) is 0. The predicted molar refractivity (Wildman–Crippen MR) is 103 cm³/mol. The van der Waals surface area contributed by atoms with Gasteiger partial charge in [0.05, 0.1) is 11.3 Å². The Balaban J connectivity index is 1.69. The van der Waals surface area contributed by atoms with E-state index in [1.165, 1.54) is 18.3 Å². The van der Waals surface area contributed by atoms with Gasteiger partial charge in [-0.25, -0.2) is 4.39 Å². The van der Waals surface area contributed by atoms with Crippen LogP contribution in [0.5, 0.6) is 0 Å². The van der Waals surface area contributed by atoms with Gasteiger partial charge in [-0.15, -0.1) is 0 Å². The van der Waals surface area contributed by atoms with E-state index in [2.05, 4.69) is 4.98 Å². The topological polar surface area (TPSA) is 50.3 Å². The van der Waals surface area contributed by atoms with Gasteiger partial charge in [0.15, 0.2) is 0 Å². The summed E-state index contributed by atoms with van der Waals surface area (Å²) in [6.07, 6.45) is 3.79. The molecule has 4 nitrogen and oxygen atoms in total. The zero-order chi connectivity index (χ0) is 19.4. The average molecular weight is 368 g/mol. The van der Waals surface area contributed by atoms with Gasteiger partial charge in [0.25, 0.3) is 5.91 Å². The van der Waals surface area contributed by atoms with Crippen LogP contribution in [0.3, 0.4) is 0 Å². The smallest absolute Gasteiger partial charge is 0.255 e. The van der Waals surface area contributed by atoms with Gasteiger partial charge in [0, 0.05) is 37.2 Å². The van der Waals surface area contributed by atoms with Gasteiger partial charge in [-0.1, -0.05) is 26.0 Å². The standard InChI is InChI=1S/C22H25FN2O2/c1-15(2)11-21(26)18-6-4-10-25(14-18)22(27)17-8-9-20(24-13-17)16-5-3-7-19(23)12-16/h3,5,7-9,12-13,15,18H,4,6,10-11,14H2,1-2H3. The van der Waals surface area contributed by atoms with Crippen LogP contribution in [0.1, 0.15) is 43.5 Å². The van der Waals surface area contributed by atoms with Crippen molar-refractivity contribution < 1.29 is 14.0 Å². The lowest BCUT2D eigenvalue weighted by molar-refractivity contribution is -0.124. The highest BCUT2D eigenvalue weighted by molar-refractivity contribution is 5.94. The third kappa shape index (κ3) is 4.79. The molecule has 5 heteroatoms. The maximum absolute atomic E-state index is 13.4. The highest BCUT2D eigenvalue weighted by Gasteiger charge is 2.29. The molecule has 27 heavy (non-hydrogen) atoms. The van der Waals surface area contributed by atoms with Crippen LogP contribution >= 0.6 is 0 Å². The number of carbonyl (C=O) groups excluding carboxylic acids is 2. The van der Waals surface area contributed by atoms with Crippen molar-refractivity contribution in [3.63, 3.8) is 0 Å². The molecular formula is C22H25FN2O2. The maximum Gasteiger partial charge on any atom is 0.255 e. The minimum Gasteiger partial charge on any atom is -0.338 e. The molecule has 142 valence electrons. The fourth-order valence-corrected chi connectivity index (χ4v) is 3.51. The van der Waals surface area contributed by atoms with E-state index in [0.29, 0.717) is 42.2 Å². The van der Waals surface area contributed by atoms with Gasteiger partial charge in [0.1, 0.15) is 11.6 Å². The molecule has 1 aliphatic heterocycles. The average Bonchev–Trinajstić information content (AvgIpc) is 2.67. The normalized spacial score (nSPS) is 17.2. The van der Waals surface area contributed by atoms with E-state index in [9.17, 15) is 14.0 Å². The number of pyridine rings is 1. The largest absolute Gasteiger partial charge is 0.338 e. The molecule has 2 heterocycles. The van der Waals surface area contributed by atoms with E-state index in [4.69, 9.17) is 0 Å². The van der Waals surface area contributed by atoms with Crippen LogP contribution in [0, 0.1) is 17.7 Å². The first-order chi connectivity index (χ1) is 12.9. The molecule has 1 atom stereocenters. The van der Waals surface area contributed by atoms with Crippen molar-refractivity contribution in [3.05, 3.63) is 54.0 Å². The van der Waals surface area contributed by atoms with Crippen LogP contribution in [-0.4, -0.2) is 34.7 Å². The summed E-state index contributed by atoms with van der Waals surface area (Å²) in [6, 6.07) is 9.66. The summed E-state index contributed by atoms with van der Waals surface area (Å²) in [5.74, 6) is 0.102. The molecule has 1 saturated heterocycles. The molecule has 1 aromatic carbocycles. The number of hydrogen-bond donors (Lipinski definition) is 0. The number of likely N-dealkylation sites (tertiary alicyclic amines) is 1. The predicted octanol–water partition coefficient (Wildman–Crippen LogP) is 4.36. The third-order valence-corrected chi connectivity index (χ3v) is 4.90. The number of nitrogens with zero attached hydrogens (tertiary/aromatic N) is 2. The SMILES string of the molecule is CC(C)CC(=O)C1CCCN(C(=O)c2ccc(-c3cccc(F)c3)nc2)C1. The molecule has 3 rings (SSSR count). The van der Waals surface area contributed by atoms with Crippen LogP contribution in [0.25, 0.3) is 11.3 Å². The molecule has 0 spiro atoms. The van der Waals surface area contributed by atoms with Crippen LogP contribution in [0.2, 0.25) is 0 Å². The number of aromatic nitrogens is 1. The highest BCUT2D eigenvalue weighted by atomic mass is 19.1. The fourth-order valence-electron chi connectivity index (χ4n) is 3.51. The summed E-state index contributed by atoms with van der Waals surface area (Å²) in [4.78, 5) is 31.2. The summed E-state index contributed by atoms with van der Waals surface area (Å²) in [5.41, 5.74) is 1.79. The van der Waals surface area contributed by atoms with Crippen molar-refractivity contribution in [1.82, 2.24) is 9.88 Å². The minimum atomic E-state index is -0.320. The lowest BCUT2D eigenvalue weighted by Gasteiger charge is -2.32. The molecule has 2 aromatic rings. The molecule has 1 unspecified atom stereocenters. The Morgan fingerprint density at radius 2 is 2.07 bits per heavy atom. The molecular weight excluding hydrogens is 343 g/mol. The molecule has 0 saturated carbocycles.